The van der Waals surface area contributed by atoms with Crippen LogP contribution in [0.4, 0.5) is 11.8 Å². The highest BCUT2D eigenvalue weighted by molar-refractivity contribution is 7.71. The molecule has 1 aromatic carbocycles. The van der Waals surface area contributed by atoms with Crippen molar-refractivity contribution in [3.8, 4) is 11.3 Å². The number of nitrogens with zero attached hydrogens (tertiary/aromatic N) is 3. The zero-order chi connectivity index (χ0) is 14.0. The van der Waals surface area contributed by atoms with E-state index in [0.717, 1.165) is 0 Å². The van der Waals surface area contributed by atoms with Crippen molar-refractivity contribution in [1.29, 1.82) is 0 Å². The normalized spacial score (nSPS) is 10.8. The molecule has 0 radical (unpaired) electrons. The summed E-state index contributed by atoms with van der Waals surface area (Å²) in [6.07, 6.45) is 0. The molecule has 0 aliphatic rings. The van der Waals surface area contributed by atoms with Gasteiger partial charge in [0.15, 0.2) is 5.82 Å². The van der Waals surface area contributed by atoms with E-state index in [-0.39, 0.29) is 17.5 Å². The smallest absolute Gasteiger partial charge is 0.242 e. The van der Waals surface area contributed by atoms with Gasteiger partial charge < -0.3 is 11.5 Å². The van der Waals surface area contributed by atoms with E-state index in [2.05, 4.69) is 15.2 Å². The van der Waals surface area contributed by atoms with E-state index in [1.165, 1.54) is 0 Å². The van der Waals surface area contributed by atoms with Crippen molar-refractivity contribution in [3.63, 3.8) is 0 Å². The standard InChI is InChI=1S/C10H10ClN5O2S/c11-7-3-5(4-19(17)18)1-2-6(7)8-9(12)14-10(13)16-15-8/h1-3,19H,4H2,(H4,12,13,14,16). The first-order chi connectivity index (χ1) is 8.97. The third-order valence-electron chi connectivity index (χ3n) is 2.33. The Morgan fingerprint density at radius 3 is 2.53 bits per heavy atom. The number of hydrogen-bond donors (Lipinski definition) is 3. The maximum absolute atomic E-state index is 10.7. The van der Waals surface area contributed by atoms with E-state index in [9.17, 15) is 8.42 Å². The molecule has 0 aliphatic carbocycles. The fourth-order valence-corrected chi connectivity index (χ4v) is 2.33. The summed E-state index contributed by atoms with van der Waals surface area (Å²) in [5, 5.41) is 7.76. The van der Waals surface area contributed by atoms with Crippen LogP contribution in [0.15, 0.2) is 18.2 Å². The molecule has 7 nitrogen and oxygen atoms in total. The summed E-state index contributed by atoms with van der Waals surface area (Å²) < 4.78 is 21.3. The molecule has 0 unspecified atom stereocenters. The quantitative estimate of drug-likeness (QED) is 0.703. The number of nitrogens with two attached hydrogens (primary N) is 2. The van der Waals surface area contributed by atoms with Gasteiger partial charge in [-0.1, -0.05) is 23.7 Å². The molecule has 1 heterocycles. The van der Waals surface area contributed by atoms with Crippen LogP contribution in [0.1, 0.15) is 5.56 Å². The number of anilines is 2. The van der Waals surface area contributed by atoms with Crippen molar-refractivity contribution >= 4 is 34.1 Å². The predicted molar refractivity (Wildman–Crippen MR) is 73.1 cm³/mol. The highest BCUT2D eigenvalue weighted by Gasteiger charge is 2.12. The van der Waals surface area contributed by atoms with Gasteiger partial charge in [0.05, 0.1) is 10.8 Å². The van der Waals surface area contributed by atoms with Gasteiger partial charge in [-0.3, -0.25) is 0 Å². The van der Waals surface area contributed by atoms with E-state index in [0.29, 0.717) is 21.8 Å². The Labute approximate surface area is 115 Å². The van der Waals surface area contributed by atoms with Crippen LogP contribution in [-0.4, -0.2) is 23.6 Å². The van der Waals surface area contributed by atoms with Gasteiger partial charge in [-0.05, 0) is 11.6 Å². The van der Waals surface area contributed by atoms with Gasteiger partial charge in [0.1, 0.15) is 16.4 Å². The Bertz CT molecular complexity index is 696. The maximum Gasteiger partial charge on any atom is 0.242 e. The fourth-order valence-electron chi connectivity index (χ4n) is 1.54. The zero-order valence-electron chi connectivity index (χ0n) is 9.58. The highest BCUT2D eigenvalue weighted by Crippen LogP contribution is 2.30. The van der Waals surface area contributed by atoms with E-state index < -0.39 is 10.7 Å². The largest absolute Gasteiger partial charge is 0.382 e. The van der Waals surface area contributed by atoms with Crippen LogP contribution in [0.2, 0.25) is 5.02 Å². The van der Waals surface area contributed by atoms with Gasteiger partial charge in [0.25, 0.3) is 0 Å². The second-order valence-corrected chi connectivity index (χ2v) is 5.10. The van der Waals surface area contributed by atoms with Crippen LogP contribution in [0.3, 0.4) is 0 Å². The number of aromatic nitrogens is 3. The molecule has 0 saturated heterocycles. The Morgan fingerprint density at radius 2 is 1.95 bits per heavy atom. The van der Waals surface area contributed by atoms with Gasteiger partial charge in [-0.25, -0.2) is 8.42 Å². The summed E-state index contributed by atoms with van der Waals surface area (Å²) in [5.74, 6) is 0.00521. The minimum atomic E-state index is -2.50. The minimum absolute atomic E-state index is 0.0302. The molecule has 0 fully saturated rings. The van der Waals surface area contributed by atoms with Crippen molar-refractivity contribution in [3.05, 3.63) is 28.8 Å². The van der Waals surface area contributed by atoms with Gasteiger partial charge in [-0.2, -0.15) is 4.98 Å². The fraction of sp³-hybridized carbons (Fsp3) is 0.100. The first-order valence-electron chi connectivity index (χ1n) is 5.13. The van der Waals surface area contributed by atoms with Crippen molar-refractivity contribution in [2.75, 3.05) is 11.5 Å². The van der Waals surface area contributed by atoms with E-state index in [4.69, 9.17) is 23.1 Å². The molecule has 100 valence electrons. The van der Waals surface area contributed by atoms with Crippen LogP contribution in [0.25, 0.3) is 11.3 Å². The van der Waals surface area contributed by atoms with Crippen molar-refractivity contribution in [2.24, 2.45) is 0 Å². The SMILES string of the molecule is Nc1nnc(-c2ccc(C[SH](=O)=O)cc2Cl)c(N)n1. The number of rotatable bonds is 3. The molecule has 0 amide bonds. The highest BCUT2D eigenvalue weighted by atomic mass is 35.5. The molecule has 1 aromatic heterocycles. The van der Waals surface area contributed by atoms with Crippen LogP contribution in [-0.2, 0) is 16.5 Å². The number of benzene rings is 1. The third-order valence-corrected chi connectivity index (χ3v) is 3.27. The Morgan fingerprint density at radius 1 is 1.21 bits per heavy atom. The average Bonchev–Trinajstić information content (AvgIpc) is 2.30. The summed E-state index contributed by atoms with van der Waals surface area (Å²) >= 11 is 6.08. The summed E-state index contributed by atoms with van der Waals surface area (Å²) in [5.41, 5.74) is 12.5. The maximum atomic E-state index is 10.7. The van der Waals surface area contributed by atoms with Crippen LogP contribution >= 0.6 is 11.6 Å². The lowest BCUT2D eigenvalue weighted by atomic mass is 10.1. The lowest BCUT2D eigenvalue weighted by Crippen LogP contribution is -2.04. The summed E-state index contributed by atoms with van der Waals surface area (Å²) in [7, 11) is -2.50. The second-order valence-electron chi connectivity index (χ2n) is 3.71. The van der Waals surface area contributed by atoms with Crippen LogP contribution in [0.5, 0.6) is 0 Å². The minimum Gasteiger partial charge on any atom is -0.382 e. The van der Waals surface area contributed by atoms with Crippen LogP contribution in [0, 0.1) is 0 Å². The molecule has 2 aromatic rings. The van der Waals surface area contributed by atoms with E-state index in [1.54, 1.807) is 18.2 Å². The monoisotopic (exact) mass is 299 g/mol. The van der Waals surface area contributed by atoms with Gasteiger partial charge in [0.2, 0.25) is 5.95 Å². The molecule has 2 rings (SSSR count). The van der Waals surface area contributed by atoms with Gasteiger partial charge in [0, 0.05) is 5.56 Å². The zero-order valence-corrected chi connectivity index (χ0v) is 11.2. The number of thiol groups is 1. The van der Waals surface area contributed by atoms with Crippen molar-refractivity contribution in [2.45, 2.75) is 5.75 Å². The first kappa shape index (κ1) is 13.5. The second kappa shape index (κ2) is 5.37. The number of halogens is 1. The lowest BCUT2D eigenvalue weighted by molar-refractivity contribution is 0.614. The first-order valence-corrected chi connectivity index (χ1v) is 6.87. The topological polar surface area (TPSA) is 125 Å². The molecule has 0 aliphatic heterocycles. The van der Waals surface area contributed by atoms with Crippen molar-refractivity contribution in [1.82, 2.24) is 15.2 Å². The molecular formula is C10H10ClN5O2S. The molecule has 9 heteroatoms. The molecule has 19 heavy (non-hydrogen) atoms. The molecule has 0 saturated carbocycles. The molecule has 0 spiro atoms. The molecule has 0 bridgehead atoms. The summed E-state index contributed by atoms with van der Waals surface area (Å²) in [4.78, 5) is 3.79. The van der Waals surface area contributed by atoms with E-state index >= 15 is 0 Å². The lowest BCUT2D eigenvalue weighted by Gasteiger charge is -2.07. The summed E-state index contributed by atoms with van der Waals surface area (Å²) in [6.45, 7) is 0. The summed E-state index contributed by atoms with van der Waals surface area (Å²) in [6, 6.07) is 4.79. The molecular weight excluding hydrogens is 290 g/mol. The average molecular weight is 300 g/mol. The van der Waals surface area contributed by atoms with E-state index in [1.807, 2.05) is 0 Å². The van der Waals surface area contributed by atoms with Gasteiger partial charge in [-0.15, -0.1) is 10.2 Å². The third kappa shape index (κ3) is 3.09. The predicted octanol–water partition coefficient (Wildman–Crippen LogP) is 0.468. The Balaban J connectivity index is 2.46. The number of nitrogen functional groups attached to an aromatic ring is 2. The van der Waals surface area contributed by atoms with Crippen LogP contribution < -0.4 is 11.5 Å². The Kier molecular flexibility index (Phi) is 3.82. The molecule has 0 atom stereocenters. The van der Waals surface area contributed by atoms with Gasteiger partial charge >= 0.3 is 0 Å². The Hall–Kier alpha value is -1.93. The number of hydrogen-bond acceptors (Lipinski definition) is 7. The molecule has 4 N–H and O–H groups in total. The van der Waals surface area contributed by atoms with Crippen molar-refractivity contribution < 1.29 is 8.42 Å².